The van der Waals surface area contributed by atoms with E-state index in [-0.39, 0.29) is 6.42 Å². The molecule has 0 saturated carbocycles. The lowest BCUT2D eigenvalue weighted by atomic mass is 10.2. The van der Waals surface area contributed by atoms with Gasteiger partial charge in [0.25, 0.3) is 0 Å². The molecule has 19 heavy (non-hydrogen) atoms. The molecule has 0 amide bonds. The van der Waals surface area contributed by atoms with Crippen LogP contribution in [-0.2, 0) is 11.3 Å². The van der Waals surface area contributed by atoms with Gasteiger partial charge in [-0.25, -0.2) is 0 Å². The maximum Gasteiger partial charge on any atom is 0.305 e. The van der Waals surface area contributed by atoms with Crippen molar-refractivity contribution in [2.24, 2.45) is 0 Å². The molecule has 0 bridgehead atoms. The lowest BCUT2D eigenvalue weighted by molar-refractivity contribution is -0.136. The molecule has 0 aliphatic rings. The summed E-state index contributed by atoms with van der Waals surface area (Å²) in [6, 6.07) is 12.3. The third-order valence-corrected chi connectivity index (χ3v) is 3.78. The first-order valence-corrected chi connectivity index (χ1v) is 7.09. The molecule has 2 aromatic rings. The first-order chi connectivity index (χ1) is 9.15. The Hall–Kier alpha value is -1.81. The topological polar surface area (TPSA) is 40.5 Å². The molecule has 0 aliphatic carbocycles. The number of carbonyl (C=O) groups is 1. The van der Waals surface area contributed by atoms with Gasteiger partial charge in [-0.2, -0.15) is 0 Å². The maximum atomic E-state index is 10.8. The van der Waals surface area contributed by atoms with Crippen molar-refractivity contribution in [3.05, 3.63) is 52.2 Å². The van der Waals surface area contributed by atoms with E-state index in [4.69, 9.17) is 5.11 Å². The molecule has 0 unspecified atom stereocenters. The summed E-state index contributed by atoms with van der Waals surface area (Å²) in [4.78, 5) is 14.1. The zero-order chi connectivity index (χ0) is 13.7. The number of nitrogens with zero attached hydrogens (tertiary/aromatic N) is 1. The van der Waals surface area contributed by atoms with E-state index >= 15 is 0 Å². The molecule has 2 rings (SSSR count). The summed E-state index contributed by atoms with van der Waals surface area (Å²) in [5.41, 5.74) is 2.28. The van der Waals surface area contributed by atoms with E-state index < -0.39 is 5.97 Å². The molecule has 4 heteroatoms. The first-order valence-electron chi connectivity index (χ1n) is 6.21. The van der Waals surface area contributed by atoms with Crippen LogP contribution in [0.5, 0.6) is 0 Å². The van der Waals surface area contributed by atoms with E-state index in [0.717, 1.165) is 12.2 Å². The van der Waals surface area contributed by atoms with Crippen LogP contribution in [0.4, 0.5) is 5.69 Å². The molecule has 0 spiro atoms. The van der Waals surface area contributed by atoms with Gasteiger partial charge in [0.1, 0.15) is 0 Å². The van der Waals surface area contributed by atoms with Crippen LogP contribution in [0.3, 0.4) is 0 Å². The lowest BCUT2D eigenvalue weighted by Crippen LogP contribution is -2.25. The van der Waals surface area contributed by atoms with Gasteiger partial charge in [0.2, 0.25) is 0 Å². The smallest absolute Gasteiger partial charge is 0.305 e. The number of aliphatic carboxylic acids is 1. The Bertz CT molecular complexity index is 520. The van der Waals surface area contributed by atoms with Crippen LogP contribution in [-0.4, -0.2) is 17.6 Å². The van der Waals surface area contributed by atoms with E-state index in [1.165, 1.54) is 10.4 Å². The average molecular weight is 275 g/mol. The van der Waals surface area contributed by atoms with Crippen molar-refractivity contribution < 1.29 is 9.90 Å². The normalized spacial score (nSPS) is 10.4. The zero-order valence-corrected chi connectivity index (χ0v) is 11.7. The largest absolute Gasteiger partial charge is 0.481 e. The van der Waals surface area contributed by atoms with Crippen LogP contribution in [0.25, 0.3) is 0 Å². The van der Waals surface area contributed by atoms with Gasteiger partial charge in [0, 0.05) is 17.1 Å². The van der Waals surface area contributed by atoms with Crippen LogP contribution >= 0.6 is 11.3 Å². The summed E-state index contributed by atoms with van der Waals surface area (Å²) in [5.74, 6) is -0.761. The fourth-order valence-electron chi connectivity index (χ4n) is 1.88. The Balaban J connectivity index is 2.13. The molecule has 0 atom stereocenters. The van der Waals surface area contributed by atoms with Crippen molar-refractivity contribution in [3.63, 3.8) is 0 Å². The number of thiophene rings is 1. The van der Waals surface area contributed by atoms with Crippen LogP contribution in [0.15, 0.2) is 41.8 Å². The summed E-state index contributed by atoms with van der Waals surface area (Å²) >= 11 is 1.69. The maximum absolute atomic E-state index is 10.8. The Morgan fingerprint density at radius 1 is 1.26 bits per heavy atom. The minimum Gasteiger partial charge on any atom is -0.481 e. The molecule has 1 N–H and O–H groups in total. The predicted octanol–water partition coefficient (Wildman–Crippen LogP) is 3.54. The minimum absolute atomic E-state index is 0.152. The van der Waals surface area contributed by atoms with Gasteiger partial charge in [-0.3, -0.25) is 4.79 Å². The number of rotatable bonds is 6. The highest BCUT2D eigenvalue weighted by molar-refractivity contribution is 7.09. The van der Waals surface area contributed by atoms with Gasteiger partial charge >= 0.3 is 5.97 Å². The van der Waals surface area contributed by atoms with E-state index in [9.17, 15) is 4.79 Å². The van der Waals surface area contributed by atoms with E-state index in [2.05, 4.69) is 23.1 Å². The summed E-state index contributed by atoms with van der Waals surface area (Å²) in [7, 11) is 0. The van der Waals surface area contributed by atoms with Gasteiger partial charge in [-0.1, -0.05) is 23.8 Å². The second-order valence-corrected chi connectivity index (χ2v) is 5.51. The van der Waals surface area contributed by atoms with Crippen molar-refractivity contribution >= 4 is 23.0 Å². The van der Waals surface area contributed by atoms with Gasteiger partial charge in [-0.05, 0) is 30.5 Å². The number of benzene rings is 1. The third kappa shape index (κ3) is 4.10. The zero-order valence-electron chi connectivity index (χ0n) is 10.9. The highest BCUT2D eigenvalue weighted by Gasteiger charge is 2.10. The molecule has 0 aliphatic heterocycles. The SMILES string of the molecule is Cc1ccc(N(CCC(=O)O)Cc2cccs2)cc1. The molecule has 0 saturated heterocycles. The van der Waals surface area contributed by atoms with E-state index in [1.807, 2.05) is 30.5 Å². The molecular formula is C15H17NO2S. The standard InChI is InChI=1S/C15H17NO2S/c1-12-4-6-13(7-5-12)16(9-8-15(17)18)11-14-3-2-10-19-14/h2-7,10H,8-9,11H2,1H3,(H,17,18). The average Bonchev–Trinajstić information content (AvgIpc) is 2.88. The predicted molar refractivity (Wildman–Crippen MR) is 78.8 cm³/mol. The summed E-state index contributed by atoms with van der Waals surface area (Å²) in [5, 5.41) is 10.9. The lowest BCUT2D eigenvalue weighted by Gasteiger charge is -2.23. The highest BCUT2D eigenvalue weighted by atomic mass is 32.1. The summed E-state index contributed by atoms with van der Waals surface area (Å²) in [6.45, 7) is 3.33. The van der Waals surface area contributed by atoms with E-state index in [1.54, 1.807) is 11.3 Å². The molecule has 0 radical (unpaired) electrons. The first kappa shape index (κ1) is 13.6. The van der Waals surface area contributed by atoms with Crippen molar-refractivity contribution in [1.82, 2.24) is 0 Å². The summed E-state index contributed by atoms with van der Waals surface area (Å²) in [6.07, 6.45) is 0.152. The fraction of sp³-hybridized carbons (Fsp3) is 0.267. The van der Waals surface area contributed by atoms with Gasteiger partial charge < -0.3 is 10.0 Å². The quantitative estimate of drug-likeness (QED) is 0.876. The van der Waals surface area contributed by atoms with E-state index in [0.29, 0.717) is 6.54 Å². The number of carboxylic acid groups (broad SMARTS) is 1. The molecule has 100 valence electrons. The highest BCUT2D eigenvalue weighted by Crippen LogP contribution is 2.20. The molecule has 1 aromatic heterocycles. The molecular weight excluding hydrogens is 258 g/mol. The Labute approximate surface area is 117 Å². The number of hydrogen-bond acceptors (Lipinski definition) is 3. The fourth-order valence-corrected chi connectivity index (χ4v) is 2.60. The second-order valence-electron chi connectivity index (χ2n) is 4.48. The second kappa shape index (κ2) is 6.38. The number of carboxylic acids is 1. The molecule has 1 aromatic carbocycles. The minimum atomic E-state index is -0.761. The molecule has 0 fully saturated rings. The molecule has 3 nitrogen and oxygen atoms in total. The van der Waals surface area contributed by atoms with Gasteiger partial charge in [0.05, 0.1) is 13.0 Å². The van der Waals surface area contributed by atoms with Gasteiger partial charge in [-0.15, -0.1) is 11.3 Å². The van der Waals surface area contributed by atoms with Crippen LogP contribution < -0.4 is 4.90 Å². The Morgan fingerprint density at radius 2 is 2.00 bits per heavy atom. The number of aryl methyl sites for hydroxylation is 1. The van der Waals surface area contributed by atoms with Crippen LogP contribution in [0.2, 0.25) is 0 Å². The monoisotopic (exact) mass is 275 g/mol. The third-order valence-electron chi connectivity index (χ3n) is 2.92. The summed E-state index contributed by atoms with van der Waals surface area (Å²) < 4.78 is 0. The van der Waals surface area contributed by atoms with Crippen molar-refractivity contribution in [2.75, 3.05) is 11.4 Å². The molecule has 1 heterocycles. The van der Waals surface area contributed by atoms with Crippen LogP contribution in [0.1, 0.15) is 16.9 Å². The van der Waals surface area contributed by atoms with Crippen molar-refractivity contribution in [3.8, 4) is 0 Å². The Kier molecular flexibility index (Phi) is 4.58. The number of hydrogen-bond donors (Lipinski definition) is 1. The Morgan fingerprint density at radius 3 is 2.58 bits per heavy atom. The number of anilines is 1. The van der Waals surface area contributed by atoms with Crippen LogP contribution in [0, 0.1) is 6.92 Å². The van der Waals surface area contributed by atoms with Crippen molar-refractivity contribution in [1.29, 1.82) is 0 Å². The van der Waals surface area contributed by atoms with Gasteiger partial charge in [0.15, 0.2) is 0 Å². The van der Waals surface area contributed by atoms with Crippen molar-refractivity contribution in [2.45, 2.75) is 19.9 Å².